The lowest BCUT2D eigenvalue weighted by atomic mass is 9.94. The number of hydrogen-bond acceptors (Lipinski definition) is 8. The first-order valence-corrected chi connectivity index (χ1v) is 11.9. The third-order valence-corrected chi connectivity index (χ3v) is 6.57. The Labute approximate surface area is 196 Å². The molecule has 1 amide bonds. The van der Waals surface area contributed by atoms with Crippen molar-refractivity contribution < 1.29 is 23.5 Å². The zero-order valence-corrected chi connectivity index (χ0v) is 19.5. The zero-order valence-electron chi connectivity index (χ0n) is 18.7. The van der Waals surface area contributed by atoms with Crippen LogP contribution in [0.3, 0.4) is 0 Å². The maximum atomic E-state index is 13.2. The monoisotopic (exact) mass is 469 g/mol. The van der Waals surface area contributed by atoms with Gasteiger partial charge in [0.2, 0.25) is 0 Å². The molecule has 1 unspecified atom stereocenters. The Morgan fingerprint density at radius 1 is 1.30 bits per heavy atom. The van der Waals surface area contributed by atoms with E-state index in [9.17, 15) is 9.59 Å². The van der Waals surface area contributed by atoms with E-state index >= 15 is 0 Å². The number of nitrogens with one attached hydrogen (secondary N) is 1. The molecule has 1 atom stereocenters. The van der Waals surface area contributed by atoms with Gasteiger partial charge in [-0.1, -0.05) is 18.3 Å². The summed E-state index contributed by atoms with van der Waals surface area (Å²) in [5.41, 5.74) is 1.57. The first-order chi connectivity index (χ1) is 16.0. The molecule has 0 radical (unpaired) electrons. The lowest BCUT2D eigenvalue weighted by Crippen LogP contribution is -2.23. The van der Waals surface area contributed by atoms with Gasteiger partial charge >= 0.3 is 0 Å². The van der Waals surface area contributed by atoms with Crippen molar-refractivity contribution in [1.82, 2.24) is 9.97 Å². The fraction of sp³-hybridized carbons (Fsp3) is 0.417. The Balaban J connectivity index is 1.53. The number of ketones is 1. The normalized spacial score (nSPS) is 15.3. The van der Waals surface area contributed by atoms with Gasteiger partial charge in [0.05, 0.1) is 24.7 Å². The average Bonchev–Trinajstić information content (AvgIpc) is 3.53. The van der Waals surface area contributed by atoms with Crippen molar-refractivity contribution in [3.8, 4) is 11.5 Å². The Hall–Kier alpha value is -2.88. The van der Waals surface area contributed by atoms with Crippen LogP contribution in [0, 0.1) is 5.92 Å². The number of rotatable bonds is 9. The van der Waals surface area contributed by atoms with Crippen LogP contribution in [0.4, 0.5) is 5.13 Å². The van der Waals surface area contributed by atoms with Gasteiger partial charge in [-0.25, -0.2) is 4.98 Å². The van der Waals surface area contributed by atoms with Crippen LogP contribution in [-0.4, -0.2) is 41.0 Å². The average molecular weight is 470 g/mol. The predicted octanol–water partition coefficient (Wildman–Crippen LogP) is 4.97. The van der Waals surface area contributed by atoms with E-state index in [4.69, 9.17) is 13.9 Å². The van der Waals surface area contributed by atoms with E-state index in [-0.39, 0.29) is 23.7 Å². The van der Waals surface area contributed by atoms with Gasteiger partial charge in [0.15, 0.2) is 16.7 Å². The SMILES string of the molecule is CCC(C)OCc1cc(C(=O)Nc2nc(-c3ccco3)c(C(=O)C3CCOCC3)s2)ccn1. The number of hydrogen-bond donors (Lipinski definition) is 1. The molecular weight excluding hydrogens is 442 g/mol. The van der Waals surface area contributed by atoms with Crippen molar-refractivity contribution in [3.05, 3.63) is 52.9 Å². The van der Waals surface area contributed by atoms with E-state index in [0.717, 1.165) is 6.42 Å². The number of Topliss-reactive ketones (excluding diaryl/α,β-unsaturated/α-hetero) is 1. The smallest absolute Gasteiger partial charge is 0.257 e. The van der Waals surface area contributed by atoms with Crippen molar-refractivity contribution in [3.63, 3.8) is 0 Å². The summed E-state index contributed by atoms with van der Waals surface area (Å²) in [6, 6.07) is 6.84. The second kappa shape index (κ2) is 10.8. The molecule has 0 saturated carbocycles. The number of carbonyl (C=O) groups is 2. The summed E-state index contributed by atoms with van der Waals surface area (Å²) in [5, 5.41) is 3.17. The second-order valence-electron chi connectivity index (χ2n) is 7.94. The Morgan fingerprint density at radius 2 is 2.12 bits per heavy atom. The summed E-state index contributed by atoms with van der Waals surface area (Å²) < 4.78 is 16.6. The third-order valence-electron chi connectivity index (χ3n) is 5.59. The molecular formula is C24H27N3O5S. The fourth-order valence-electron chi connectivity index (χ4n) is 3.48. The molecule has 0 bridgehead atoms. The number of amides is 1. The van der Waals surface area contributed by atoms with Gasteiger partial charge in [-0.2, -0.15) is 0 Å². The Kier molecular flexibility index (Phi) is 7.64. The van der Waals surface area contributed by atoms with Crippen LogP contribution in [0.1, 0.15) is 58.8 Å². The molecule has 0 aliphatic carbocycles. The van der Waals surface area contributed by atoms with Gasteiger partial charge in [-0.05, 0) is 50.5 Å². The van der Waals surface area contributed by atoms with Crippen molar-refractivity contribution in [1.29, 1.82) is 0 Å². The van der Waals surface area contributed by atoms with Gasteiger partial charge in [0.25, 0.3) is 5.91 Å². The van der Waals surface area contributed by atoms with E-state index in [1.165, 1.54) is 17.6 Å². The molecule has 1 saturated heterocycles. The highest BCUT2D eigenvalue weighted by Gasteiger charge is 2.29. The van der Waals surface area contributed by atoms with Gasteiger partial charge in [-0.15, -0.1) is 0 Å². The lowest BCUT2D eigenvalue weighted by molar-refractivity contribution is 0.0488. The topological polar surface area (TPSA) is 104 Å². The molecule has 1 aliphatic rings. The van der Waals surface area contributed by atoms with E-state index < -0.39 is 0 Å². The Morgan fingerprint density at radius 3 is 2.85 bits per heavy atom. The van der Waals surface area contributed by atoms with Crippen LogP contribution in [0.2, 0.25) is 0 Å². The van der Waals surface area contributed by atoms with E-state index in [1.807, 2.05) is 13.8 Å². The van der Waals surface area contributed by atoms with Gasteiger partial charge in [0.1, 0.15) is 10.6 Å². The highest BCUT2D eigenvalue weighted by atomic mass is 32.1. The van der Waals surface area contributed by atoms with Crippen molar-refractivity contribution in [2.75, 3.05) is 18.5 Å². The summed E-state index contributed by atoms with van der Waals surface area (Å²) in [7, 11) is 0. The standard InChI is InChI=1S/C24H27N3O5S/c1-3-15(2)32-14-18-13-17(6-9-25-18)23(29)27-24-26-20(19-5-4-10-31-19)22(33-24)21(28)16-7-11-30-12-8-16/h4-6,9-10,13,15-16H,3,7-8,11-12,14H2,1-2H3,(H,26,27,29). The molecule has 0 spiro atoms. The molecule has 9 heteroatoms. The van der Waals surface area contributed by atoms with Crippen LogP contribution in [0.5, 0.6) is 0 Å². The van der Waals surface area contributed by atoms with Crippen LogP contribution in [-0.2, 0) is 16.1 Å². The molecule has 0 aromatic carbocycles. The van der Waals surface area contributed by atoms with Crippen molar-refractivity contribution in [2.45, 2.75) is 45.8 Å². The van der Waals surface area contributed by atoms with E-state index in [0.29, 0.717) is 65.4 Å². The molecule has 1 N–H and O–H groups in total. The van der Waals surface area contributed by atoms with Crippen LogP contribution in [0.25, 0.3) is 11.5 Å². The van der Waals surface area contributed by atoms with Crippen LogP contribution in [0.15, 0.2) is 41.1 Å². The molecule has 3 aromatic rings. The van der Waals surface area contributed by atoms with Crippen LogP contribution >= 0.6 is 11.3 Å². The first-order valence-electron chi connectivity index (χ1n) is 11.1. The number of ether oxygens (including phenoxy) is 2. The maximum Gasteiger partial charge on any atom is 0.257 e. The Bertz CT molecular complexity index is 1090. The molecule has 1 fully saturated rings. The van der Waals surface area contributed by atoms with Gasteiger partial charge in [0, 0.05) is 30.9 Å². The minimum Gasteiger partial charge on any atom is -0.463 e. The van der Waals surface area contributed by atoms with E-state index in [1.54, 1.807) is 30.5 Å². The number of aromatic nitrogens is 2. The summed E-state index contributed by atoms with van der Waals surface area (Å²) >= 11 is 1.17. The van der Waals surface area contributed by atoms with Gasteiger partial charge in [-0.3, -0.25) is 19.9 Å². The summed E-state index contributed by atoms with van der Waals surface area (Å²) in [6.07, 6.45) is 5.49. The first kappa shape index (κ1) is 23.3. The fourth-order valence-corrected chi connectivity index (χ4v) is 4.46. The van der Waals surface area contributed by atoms with E-state index in [2.05, 4.69) is 15.3 Å². The largest absolute Gasteiger partial charge is 0.463 e. The van der Waals surface area contributed by atoms with Crippen LogP contribution < -0.4 is 5.32 Å². The third kappa shape index (κ3) is 5.73. The predicted molar refractivity (Wildman–Crippen MR) is 124 cm³/mol. The zero-order chi connectivity index (χ0) is 23.2. The highest BCUT2D eigenvalue weighted by molar-refractivity contribution is 7.18. The number of anilines is 1. The quantitative estimate of drug-likeness (QED) is 0.441. The molecule has 33 heavy (non-hydrogen) atoms. The summed E-state index contributed by atoms with van der Waals surface area (Å²) in [4.78, 5) is 35.4. The number of furan rings is 1. The minimum atomic E-state index is -0.327. The summed E-state index contributed by atoms with van der Waals surface area (Å²) in [6.45, 7) is 5.52. The van der Waals surface area contributed by atoms with Crippen molar-refractivity contribution >= 4 is 28.2 Å². The number of carbonyl (C=O) groups excluding carboxylic acids is 2. The number of thiazole rings is 1. The molecule has 174 valence electrons. The number of nitrogens with zero attached hydrogens (tertiary/aromatic N) is 2. The van der Waals surface area contributed by atoms with Crippen molar-refractivity contribution in [2.24, 2.45) is 5.92 Å². The van der Waals surface area contributed by atoms with Gasteiger partial charge < -0.3 is 13.9 Å². The number of pyridine rings is 1. The molecule has 1 aliphatic heterocycles. The maximum absolute atomic E-state index is 13.2. The molecule has 4 rings (SSSR count). The highest BCUT2D eigenvalue weighted by Crippen LogP contribution is 2.35. The molecule has 4 heterocycles. The lowest BCUT2D eigenvalue weighted by Gasteiger charge is -2.20. The minimum absolute atomic E-state index is 0.0103. The molecule has 8 nitrogen and oxygen atoms in total. The summed E-state index contributed by atoms with van der Waals surface area (Å²) in [5.74, 6) is 0.0587. The molecule has 3 aromatic heterocycles. The second-order valence-corrected chi connectivity index (χ2v) is 8.94.